The van der Waals surface area contributed by atoms with Crippen molar-refractivity contribution in [1.82, 2.24) is 0 Å². The number of aliphatic carboxylic acids is 1. The SMILES string of the molecule is O=C(O)C(CCc1ccccc1)CC1CCCC1. The minimum Gasteiger partial charge on any atom is -0.481 e. The van der Waals surface area contributed by atoms with Crippen LogP contribution in [-0.4, -0.2) is 11.1 Å². The van der Waals surface area contributed by atoms with Gasteiger partial charge >= 0.3 is 5.97 Å². The number of hydrogen-bond acceptors (Lipinski definition) is 1. The monoisotopic (exact) mass is 246 g/mol. The van der Waals surface area contributed by atoms with E-state index < -0.39 is 5.97 Å². The van der Waals surface area contributed by atoms with Crippen LogP contribution in [0.2, 0.25) is 0 Å². The van der Waals surface area contributed by atoms with Gasteiger partial charge in [-0.25, -0.2) is 0 Å². The summed E-state index contributed by atoms with van der Waals surface area (Å²) in [6.07, 6.45) is 7.57. The first kappa shape index (κ1) is 13.1. The van der Waals surface area contributed by atoms with Crippen LogP contribution in [0.15, 0.2) is 30.3 Å². The average Bonchev–Trinajstić information content (AvgIpc) is 2.88. The number of carboxylic acid groups (broad SMARTS) is 1. The van der Waals surface area contributed by atoms with Crippen molar-refractivity contribution >= 4 is 5.97 Å². The molecule has 1 unspecified atom stereocenters. The van der Waals surface area contributed by atoms with E-state index in [4.69, 9.17) is 0 Å². The van der Waals surface area contributed by atoms with E-state index in [-0.39, 0.29) is 5.92 Å². The van der Waals surface area contributed by atoms with E-state index in [0.717, 1.165) is 19.3 Å². The van der Waals surface area contributed by atoms with E-state index in [1.165, 1.54) is 31.2 Å². The van der Waals surface area contributed by atoms with Crippen LogP contribution in [0.1, 0.15) is 44.1 Å². The van der Waals surface area contributed by atoms with Gasteiger partial charge in [-0.2, -0.15) is 0 Å². The zero-order valence-corrected chi connectivity index (χ0v) is 10.8. The summed E-state index contributed by atoms with van der Waals surface area (Å²) in [7, 11) is 0. The summed E-state index contributed by atoms with van der Waals surface area (Å²) in [5.41, 5.74) is 1.25. The Morgan fingerprint density at radius 3 is 2.50 bits per heavy atom. The molecular formula is C16H22O2. The summed E-state index contributed by atoms with van der Waals surface area (Å²) >= 11 is 0. The van der Waals surface area contributed by atoms with Crippen LogP contribution < -0.4 is 0 Å². The first-order valence-corrected chi connectivity index (χ1v) is 7.02. The predicted molar refractivity (Wildman–Crippen MR) is 72.5 cm³/mol. The van der Waals surface area contributed by atoms with Gasteiger partial charge in [0.05, 0.1) is 5.92 Å². The van der Waals surface area contributed by atoms with Crippen LogP contribution in [0.3, 0.4) is 0 Å². The summed E-state index contributed by atoms with van der Waals surface area (Å²) in [5, 5.41) is 9.31. The fourth-order valence-corrected chi connectivity index (χ4v) is 2.98. The molecule has 2 rings (SSSR count). The highest BCUT2D eigenvalue weighted by atomic mass is 16.4. The molecule has 2 heteroatoms. The molecule has 0 spiro atoms. The smallest absolute Gasteiger partial charge is 0.306 e. The molecule has 1 saturated carbocycles. The number of aryl methyl sites for hydroxylation is 1. The standard InChI is InChI=1S/C16H22O2/c17-16(18)15(12-14-8-4-5-9-14)11-10-13-6-2-1-3-7-13/h1-3,6-7,14-15H,4-5,8-12H2,(H,17,18). The summed E-state index contributed by atoms with van der Waals surface area (Å²) in [6.45, 7) is 0. The highest BCUT2D eigenvalue weighted by molar-refractivity contribution is 5.69. The fraction of sp³-hybridized carbons (Fsp3) is 0.562. The second-order valence-corrected chi connectivity index (χ2v) is 5.45. The second-order valence-electron chi connectivity index (χ2n) is 5.45. The maximum Gasteiger partial charge on any atom is 0.306 e. The van der Waals surface area contributed by atoms with Gasteiger partial charge in [-0.15, -0.1) is 0 Å². The van der Waals surface area contributed by atoms with Gasteiger partial charge in [0, 0.05) is 0 Å². The molecule has 1 aliphatic carbocycles. The van der Waals surface area contributed by atoms with E-state index in [2.05, 4.69) is 12.1 Å². The molecule has 0 heterocycles. The number of benzene rings is 1. The first-order chi connectivity index (χ1) is 8.75. The lowest BCUT2D eigenvalue weighted by Gasteiger charge is -2.16. The first-order valence-electron chi connectivity index (χ1n) is 7.02. The van der Waals surface area contributed by atoms with Crippen molar-refractivity contribution in [3.63, 3.8) is 0 Å². The van der Waals surface area contributed by atoms with Crippen molar-refractivity contribution in [2.24, 2.45) is 11.8 Å². The Balaban J connectivity index is 1.84. The van der Waals surface area contributed by atoms with Crippen molar-refractivity contribution in [2.75, 3.05) is 0 Å². The highest BCUT2D eigenvalue weighted by Crippen LogP contribution is 2.31. The van der Waals surface area contributed by atoms with Crippen molar-refractivity contribution < 1.29 is 9.90 Å². The minimum absolute atomic E-state index is 0.159. The quantitative estimate of drug-likeness (QED) is 0.826. The molecule has 2 nitrogen and oxygen atoms in total. The van der Waals surface area contributed by atoms with Crippen molar-refractivity contribution in [3.8, 4) is 0 Å². The van der Waals surface area contributed by atoms with Crippen LogP contribution in [0.5, 0.6) is 0 Å². The summed E-state index contributed by atoms with van der Waals surface area (Å²) in [4.78, 5) is 11.3. The Bertz CT molecular complexity index is 366. The van der Waals surface area contributed by atoms with E-state index in [9.17, 15) is 9.90 Å². The van der Waals surface area contributed by atoms with Crippen LogP contribution >= 0.6 is 0 Å². The van der Waals surface area contributed by atoms with Crippen LogP contribution in [0.25, 0.3) is 0 Å². The zero-order chi connectivity index (χ0) is 12.8. The molecular weight excluding hydrogens is 224 g/mol. The van der Waals surface area contributed by atoms with Gasteiger partial charge in [-0.1, -0.05) is 56.0 Å². The molecule has 1 fully saturated rings. The third kappa shape index (κ3) is 3.86. The Kier molecular flexibility index (Phi) is 4.80. The summed E-state index contributed by atoms with van der Waals surface area (Å²) < 4.78 is 0. The fourth-order valence-electron chi connectivity index (χ4n) is 2.98. The Morgan fingerprint density at radius 2 is 1.89 bits per heavy atom. The van der Waals surface area contributed by atoms with Gasteiger partial charge in [0.25, 0.3) is 0 Å². The van der Waals surface area contributed by atoms with Crippen molar-refractivity contribution in [3.05, 3.63) is 35.9 Å². The Morgan fingerprint density at radius 1 is 1.22 bits per heavy atom. The average molecular weight is 246 g/mol. The van der Waals surface area contributed by atoms with Gasteiger partial charge in [0.2, 0.25) is 0 Å². The largest absolute Gasteiger partial charge is 0.481 e. The van der Waals surface area contributed by atoms with E-state index >= 15 is 0 Å². The lowest BCUT2D eigenvalue weighted by molar-refractivity contribution is -0.142. The maximum atomic E-state index is 11.3. The summed E-state index contributed by atoms with van der Waals surface area (Å²) in [6, 6.07) is 10.2. The molecule has 1 atom stereocenters. The molecule has 18 heavy (non-hydrogen) atoms. The number of carboxylic acids is 1. The minimum atomic E-state index is -0.613. The topological polar surface area (TPSA) is 37.3 Å². The zero-order valence-electron chi connectivity index (χ0n) is 10.8. The van der Waals surface area contributed by atoms with Gasteiger partial charge in [-0.05, 0) is 30.7 Å². The summed E-state index contributed by atoms with van der Waals surface area (Å²) in [5.74, 6) is -0.118. The van der Waals surface area contributed by atoms with Crippen molar-refractivity contribution in [1.29, 1.82) is 0 Å². The molecule has 1 aromatic rings. The third-order valence-corrected chi connectivity index (χ3v) is 4.07. The predicted octanol–water partition coefficient (Wildman–Crippen LogP) is 3.90. The Hall–Kier alpha value is -1.31. The molecule has 0 bridgehead atoms. The van der Waals surface area contributed by atoms with Gasteiger partial charge in [0.1, 0.15) is 0 Å². The van der Waals surface area contributed by atoms with E-state index in [0.29, 0.717) is 5.92 Å². The normalized spacial score (nSPS) is 17.8. The number of hydrogen-bond donors (Lipinski definition) is 1. The highest BCUT2D eigenvalue weighted by Gasteiger charge is 2.24. The van der Waals surface area contributed by atoms with Crippen molar-refractivity contribution in [2.45, 2.75) is 44.9 Å². The lowest BCUT2D eigenvalue weighted by Crippen LogP contribution is -2.17. The third-order valence-electron chi connectivity index (χ3n) is 4.07. The molecule has 0 aliphatic heterocycles. The van der Waals surface area contributed by atoms with Gasteiger partial charge in [0.15, 0.2) is 0 Å². The van der Waals surface area contributed by atoms with E-state index in [1.54, 1.807) is 0 Å². The Labute approximate surface area is 109 Å². The maximum absolute atomic E-state index is 11.3. The number of rotatable bonds is 6. The van der Waals surface area contributed by atoms with Crippen LogP contribution in [0, 0.1) is 11.8 Å². The molecule has 0 amide bonds. The molecule has 98 valence electrons. The molecule has 0 radical (unpaired) electrons. The molecule has 0 aromatic heterocycles. The molecule has 0 saturated heterocycles. The second kappa shape index (κ2) is 6.58. The van der Waals surface area contributed by atoms with Crippen LogP contribution in [0.4, 0.5) is 0 Å². The van der Waals surface area contributed by atoms with Gasteiger partial charge < -0.3 is 5.11 Å². The molecule has 1 aromatic carbocycles. The van der Waals surface area contributed by atoms with E-state index in [1.807, 2.05) is 18.2 Å². The lowest BCUT2D eigenvalue weighted by atomic mass is 9.89. The van der Waals surface area contributed by atoms with Gasteiger partial charge in [-0.3, -0.25) is 4.79 Å². The number of carbonyl (C=O) groups is 1. The molecule has 1 N–H and O–H groups in total. The van der Waals surface area contributed by atoms with Crippen LogP contribution in [-0.2, 0) is 11.2 Å². The molecule has 1 aliphatic rings.